The molecule has 0 aliphatic carbocycles. The van der Waals surface area contributed by atoms with Crippen LogP contribution < -0.4 is 33.8 Å². The summed E-state index contributed by atoms with van der Waals surface area (Å²) in [5.41, 5.74) is 1.64. The van der Waals surface area contributed by atoms with Gasteiger partial charge in [0.1, 0.15) is 0 Å². The molecule has 0 saturated heterocycles. The molecule has 42 heavy (non-hydrogen) atoms. The molecule has 1 aromatic heterocycles. The quantitative estimate of drug-likeness (QED) is 0.257. The van der Waals surface area contributed by atoms with Gasteiger partial charge in [0.05, 0.1) is 49.3 Å². The molecule has 1 aliphatic heterocycles. The van der Waals surface area contributed by atoms with E-state index in [0.29, 0.717) is 44.4 Å². The molecule has 0 spiro atoms. The molecular weight excluding hydrogens is 560 g/mol. The third kappa shape index (κ3) is 6.41. The number of allylic oxidation sites excluding steroid dienone is 1. The molecule has 10 nitrogen and oxygen atoms in total. The first-order chi connectivity index (χ1) is 20.1. The fourth-order valence-electron chi connectivity index (χ4n) is 4.51. The molecule has 1 atom stereocenters. The number of aromatic nitrogens is 1. The number of ether oxygens (including phenoxy) is 5. The molecule has 4 rings (SSSR count). The van der Waals surface area contributed by atoms with Gasteiger partial charge in [0.2, 0.25) is 0 Å². The van der Waals surface area contributed by atoms with Gasteiger partial charge in [0.15, 0.2) is 27.8 Å². The molecule has 0 N–H and O–H groups in total. The first-order valence-electron chi connectivity index (χ1n) is 13.4. The number of hydrogen-bond donors (Lipinski definition) is 0. The van der Waals surface area contributed by atoms with Gasteiger partial charge in [-0.2, -0.15) is 0 Å². The highest BCUT2D eigenvalue weighted by molar-refractivity contribution is 7.07. The van der Waals surface area contributed by atoms with E-state index in [1.54, 1.807) is 64.5 Å². The Bertz CT molecular complexity index is 1720. The average Bonchev–Trinajstić information content (AvgIpc) is 3.25. The Balaban J connectivity index is 1.93. The van der Waals surface area contributed by atoms with Crippen molar-refractivity contribution in [1.82, 2.24) is 4.57 Å². The summed E-state index contributed by atoms with van der Waals surface area (Å²) < 4.78 is 29.4. The topological polar surface area (TPSA) is 115 Å². The maximum Gasteiger partial charge on any atom is 0.338 e. The fraction of sp³-hybridized carbons (Fsp3) is 0.355. The van der Waals surface area contributed by atoms with Crippen molar-refractivity contribution < 1.29 is 33.3 Å². The normalized spacial score (nSPS) is 14.8. The third-order valence-electron chi connectivity index (χ3n) is 6.33. The molecule has 3 aromatic rings. The molecule has 1 aliphatic rings. The van der Waals surface area contributed by atoms with Gasteiger partial charge < -0.3 is 23.7 Å². The first-order valence-corrected chi connectivity index (χ1v) is 14.3. The first kappa shape index (κ1) is 30.6. The van der Waals surface area contributed by atoms with Crippen molar-refractivity contribution >= 4 is 29.4 Å². The second-order valence-electron chi connectivity index (χ2n) is 9.92. The SMILES string of the molecule is CCOc1cc(C2C(C(=O)OCC(C)C)=C(C)N=c3sc(=Cc4ccc(OC)c(OC)c4)c(=O)n32)ccc1OC(C)=O. The van der Waals surface area contributed by atoms with Gasteiger partial charge in [-0.15, -0.1) is 0 Å². The monoisotopic (exact) mass is 594 g/mol. The predicted octanol–water partition coefficient (Wildman–Crippen LogP) is 3.78. The summed E-state index contributed by atoms with van der Waals surface area (Å²) in [5.74, 6) is 0.689. The zero-order valence-electron chi connectivity index (χ0n) is 24.7. The van der Waals surface area contributed by atoms with Crippen LogP contribution in [0.2, 0.25) is 0 Å². The van der Waals surface area contributed by atoms with E-state index in [1.165, 1.54) is 22.8 Å². The Hall–Kier alpha value is -4.38. The van der Waals surface area contributed by atoms with E-state index < -0.39 is 18.0 Å². The van der Waals surface area contributed by atoms with Gasteiger partial charge in [-0.3, -0.25) is 14.2 Å². The number of thiazole rings is 1. The van der Waals surface area contributed by atoms with Crippen LogP contribution in [-0.2, 0) is 14.3 Å². The van der Waals surface area contributed by atoms with E-state index in [-0.39, 0.29) is 29.4 Å². The van der Waals surface area contributed by atoms with Crippen molar-refractivity contribution in [3.05, 3.63) is 78.5 Å². The second kappa shape index (κ2) is 13.1. The summed E-state index contributed by atoms with van der Waals surface area (Å²) in [4.78, 5) is 44.2. The summed E-state index contributed by atoms with van der Waals surface area (Å²) in [6.07, 6.45) is 1.74. The number of carbonyl (C=O) groups is 2. The maximum absolute atomic E-state index is 14.0. The number of esters is 2. The average molecular weight is 595 g/mol. The molecule has 1 unspecified atom stereocenters. The largest absolute Gasteiger partial charge is 0.493 e. The van der Waals surface area contributed by atoms with Crippen molar-refractivity contribution in [2.24, 2.45) is 10.9 Å². The van der Waals surface area contributed by atoms with E-state index in [2.05, 4.69) is 4.99 Å². The fourth-order valence-corrected chi connectivity index (χ4v) is 5.56. The number of rotatable bonds is 10. The molecule has 0 fully saturated rings. The lowest BCUT2D eigenvalue weighted by atomic mass is 9.95. The predicted molar refractivity (Wildman–Crippen MR) is 158 cm³/mol. The second-order valence-corrected chi connectivity index (χ2v) is 10.9. The van der Waals surface area contributed by atoms with Gasteiger partial charge in [-0.05, 0) is 61.2 Å². The van der Waals surface area contributed by atoms with E-state index in [1.807, 2.05) is 19.9 Å². The standard InChI is InChI=1S/C31H34N2O8S/c1-8-39-25-15-21(10-12-23(25)41-19(5)34)28-27(30(36)40-16-17(2)3)18(4)32-31-33(28)29(35)26(42-31)14-20-9-11-22(37-6)24(13-20)38-7/h9-15,17,28H,8,16H2,1-7H3. The van der Waals surface area contributed by atoms with Crippen LogP contribution in [0.5, 0.6) is 23.0 Å². The Morgan fingerprint density at radius 2 is 1.76 bits per heavy atom. The Kier molecular flexibility index (Phi) is 9.52. The number of methoxy groups -OCH3 is 2. The van der Waals surface area contributed by atoms with Crippen molar-refractivity contribution in [3.8, 4) is 23.0 Å². The number of nitrogens with zero attached hydrogens (tertiary/aromatic N) is 2. The lowest BCUT2D eigenvalue weighted by molar-refractivity contribution is -0.140. The van der Waals surface area contributed by atoms with Crippen molar-refractivity contribution in [3.63, 3.8) is 0 Å². The van der Waals surface area contributed by atoms with Crippen LogP contribution in [0.15, 0.2) is 57.5 Å². The zero-order chi connectivity index (χ0) is 30.6. The highest BCUT2D eigenvalue weighted by Crippen LogP contribution is 2.36. The molecule has 0 saturated carbocycles. The van der Waals surface area contributed by atoms with Crippen LogP contribution in [0.3, 0.4) is 0 Å². The minimum Gasteiger partial charge on any atom is -0.493 e. The summed E-state index contributed by atoms with van der Waals surface area (Å²) in [5, 5.41) is 0. The maximum atomic E-state index is 14.0. The van der Waals surface area contributed by atoms with Crippen LogP contribution in [-0.4, -0.2) is 43.9 Å². The number of fused-ring (bicyclic) bond motifs is 1. The van der Waals surface area contributed by atoms with E-state index in [4.69, 9.17) is 23.7 Å². The van der Waals surface area contributed by atoms with Crippen LogP contribution in [0.4, 0.5) is 0 Å². The Morgan fingerprint density at radius 3 is 2.40 bits per heavy atom. The molecular formula is C31H34N2O8S. The Labute approximate surface area is 247 Å². The van der Waals surface area contributed by atoms with Crippen LogP contribution in [0.1, 0.15) is 51.8 Å². The molecule has 0 bridgehead atoms. The summed E-state index contributed by atoms with van der Waals surface area (Å²) in [6.45, 7) is 9.23. The highest BCUT2D eigenvalue weighted by atomic mass is 32.1. The van der Waals surface area contributed by atoms with E-state index in [9.17, 15) is 14.4 Å². The van der Waals surface area contributed by atoms with Gasteiger partial charge in [0.25, 0.3) is 5.56 Å². The van der Waals surface area contributed by atoms with Crippen molar-refractivity contribution in [1.29, 1.82) is 0 Å². The van der Waals surface area contributed by atoms with Gasteiger partial charge in [-0.1, -0.05) is 37.3 Å². The zero-order valence-corrected chi connectivity index (χ0v) is 25.5. The van der Waals surface area contributed by atoms with Crippen LogP contribution >= 0.6 is 11.3 Å². The number of carbonyl (C=O) groups excluding carboxylic acids is 2. The molecule has 2 heterocycles. The third-order valence-corrected chi connectivity index (χ3v) is 7.31. The lowest BCUT2D eigenvalue weighted by Crippen LogP contribution is -2.40. The van der Waals surface area contributed by atoms with E-state index >= 15 is 0 Å². The Morgan fingerprint density at radius 1 is 1.05 bits per heavy atom. The highest BCUT2D eigenvalue weighted by Gasteiger charge is 2.34. The van der Waals surface area contributed by atoms with Gasteiger partial charge in [0, 0.05) is 6.92 Å². The number of hydrogen-bond acceptors (Lipinski definition) is 10. The minimum absolute atomic E-state index is 0.114. The molecule has 11 heteroatoms. The summed E-state index contributed by atoms with van der Waals surface area (Å²) in [6, 6.07) is 9.46. The van der Waals surface area contributed by atoms with Crippen molar-refractivity contribution in [2.75, 3.05) is 27.4 Å². The van der Waals surface area contributed by atoms with Crippen molar-refractivity contribution in [2.45, 2.75) is 40.7 Å². The molecule has 0 radical (unpaired) electrons. The molecule has 2 aromatic carbocycles. The summed E-state index contributed by atoms with van der Waals surface area (Å²) in [7, 11) is 3.10. The summed E-state index contributed by atoms with van der Waals surface area (Å²) >= 11 is 1.21. The smallest absolute Gasteiger partial charge is 0.338 e. The van der Waals surface area contributed by atoms with E-state index in [0.717, 1.165) is 5.56 Å². The lowest BCUT2D eigenvalue weighted by Gasteiger charge is -2.25. The van der Waals surface area contributed by atoms with Crippen LogP contribution in [0, 0.1) is 5.92 Å². The minimum atomic E-state index is -0.862. The molecule has 0 amide bonds. The molecule has 222 valence electrons. The number of benzene rings is 2. The van der Waals surface area contributed by atoms with Gasteiger partial charge in [-0.25, -0.2) is 9.79 Å². The van der Waals surface area contributed by atoms with Gasteiger partial charge >= 0.3 is 11.9 Å². The van der Waals surface area contributed by atoms with Crippen LogP contribution in [0.25, 0.3) is 6.08 Å².